The van der Waals surface area contributed by atoms with Crippen LogP contribution in [-0.4, -0.2) is 23.4 Å². The molecule has 2 rings (SSSR count). The Morgan fingerprint density at radius 2 is 2.12 bits per heavy atom. The summed E-state index contributed by atoms with van der Waals surface area (Å²) in [6.07, 6.45) is 1.15. The molecule has 1 saturated heterocycles. The van der Waals surface area contributed by atoms with Gasteiger partial charge in [-0.3, -0.25) is 4.90 Å². The van der Waals surface area contributed by atoms with E-state index in [4.69, 9.17) is 34.8 Å². The largest absolute Gasteiger partial charge is 0.298 e. The molecule has 94 valence electrons. The molecular weight excluding hydrogens is 277 g/mol. The Morgan fingerprint density at radius 1 is 1.35 bits per heavy atom. The monoisotopic (exact) mass is 291 g/mol. The lowest BCUT2D eigenvalue weighted by molar-refractivity contribution is 0.189. The Balaban J connectivity index is 2.01. The van der Waals surface area contributed by atoms with Gasteiger partial charge >= 0.3 is 0 Å². The predicted molar refractivity (Wildman–Crippen MR) is 75.2 cm³/mol. The average molecular weight is 293 g/mol. The lowest BCUT2D eigenvalue weighted by Gasteiger charge is -2.34. The fourth-order valence-electron chi connectivity index (χ4n) is 2.12. The predicted octanol–water partition coefficient (Wildman–Crippen LogP) is 4.44. The van der Waals surface area contributed by atoms with E-state index in [9.17, 15) is 0 Å². The van der Waals surface area contributed by atoms with Crippen LogP contribution in [-0.2, 0) is 6.54 Å². The molecule has 0 aliphatic carbocycles. The number of nitrogens with zero attached hydrogens (tertiary/aromatic N) is 1. The summed E-state index contributed by atoms with van der Waals surface area (Å²) in [5.74, 6) is 0.605. The van der Waals surface area contributed by atoms with Gasteiger partial charge in [0.2, 0.25) is 0 Å². The molecule has 0 bridgehead atoms. The van der Waals surface area contributed by atoms with Gasteiger partial charge in [0, 0.05) is 28.5 Å². The van der Waals surface area contributed by atoms with E-state index in [-0.39, 0.29) is 5.38 Å². The van der Waals surface area contributed by atoms with Crippen LogP contribution in [0.1, 0.15) is 18.9 Å². The van der Waals surface area contributed by atoms with Crippen molar-refractivity contribution in [2.45, 2.75) is 25.3 Å². The van der Waals surface area contributed by atoms with E-state index < -0.39 is 0 Å². The number of halogens is 3. The molecule has 0 amide bonds. The first-order chi connectivity index (χ1) is 8.06. The molecule has 1 heterocycles. The van der Waals surface area contributed by atoms with Crippen LogP contribution >= 0.6 is 34.8 Å². The van der Waals surface area contributed by atoms with Crippen LogP contribution < -0.4 is 0 Å². The van der Waals surface area contributed by atoms with E-state index in [1.165, 1.54) is 0 Å². The van der Waals surface area contributed by atoms with Crippen LogP contribution in [0.2, 0.25) is 10.0 Å². The van der Waals surface area contributed by atoms with E-state index in [1.807, 2.05) is 12.1 Å². The fourth-order valence-corrected chi connectivity index (χ4v) is 2.91. The molecule has 1 fully saturated rings. The molecule has 0 spiro atoms. The Labute approximate surface area is 118 Å². The minimum absolute atomic E-state index is 0.245. The van der Waals surface area contributed by atoms with Crippen molar-refractivity contribution >= 4 is 34.8 Å². The van der Waals surface area contributed by atoms with Gasteiger partial charge in [-0.2, -0.15) is 0 Å². The summed E-state index contributed by atoms with van der Waals surface area (Å²) in [7, 11) is 0. The smallest absolute Gasteiger partial charge is 0.0489 e. The van der Waals surface area contributed by atoms with Gasteiger partial charge < -0.3 is 0 Å². The normalized spacial score (nSPS) is 26.1. The summed E-state index contributed by atoms with van der Waals surface area (Å²) in [6.45, 7) is 5.08. The number of alkyl halides is 1. The van der Waals surface area contributed by atoms with Crippen LogP contribution in [0.15, 0.2) is 18.2 Å². The van der Waals surface area contributed by atoms with Crippen LogP contribution in [0.3, 0.4) is 0 Å². The maximum atomic E-state index is 6.30. The van der Waals surface area contributed by atoms with E-state index in [1.54, 1.807) is 6.07 Å². The summed E-state index contributed by atoms with van der Waals surface area (Å²) in [5.41, 5.74) is 1.12. The van der Waals surface area contributed by atoms with Gasteiger partial charge in [-0.1, -0.05) is 36.2 Å². The van der Waals surface area contributed by atoms with Crippen molar-refractivity contribution in [3.8, 4) is 0 Å². The van der Waals surface area contributed by atoms with Crippen molar-refractivity contribution in [1.82, 2.24) is 4.90 Å². The summed E-state index contributed by atoms with van der Waals surface area (Å²) < 4.78 is 0. The topological polar surface area (TPSA) is 3.24 Å². The van der Waals surface area contributed by atoms with E-state index >= 15 is 0 Å². The minimum atomic E-state index is 0.245. The van der Waals surface area contributed by atoms with Crippen molar-refractivity contribution in [2.24, 2.45) is 5.92 Å². The molecule has 17 heavy (non-hydrogen) atoms. The third-order valence-electron chi connectivity index (χ3n) is 3.36. The van der Waals surface area contributed by atoms with Crippen LogP contribution in [0.25, 0.3) is 0 Å². The van der Waals surface area contributed by atoms with Crippen molar-refractivity contribution in [3.63, 3.8) is 0 Å². The molecule has 0 N–H and O–H groups in total. The average Bonchev–Trinajstić information content (AvgIpc) is 2.27. The first-order valence-corrected chi connectivity index (χ1v) is 7.06. The summed E-state index contributed by atoms with van der Waals surface area (Å²) in [4.78, 5) is 2.35. The first kappa shape index (κ1) is 13.5. The highest BCUT2D eigenvalue weighted by Gasteiger charge is 2.24. The molecule has 1 aromatic rings. The molecule has 1 aliphatic heterocycles. The Hall–Kier alpha value is 0.0500. The zero-order valence-electron chi connectivity index (χ0n) is 9.80. The number of piperidine rings is 1. The molecule has 1 aliphatic rings. The molecule has 2 unspecified atom stereocenters. The number of benzene rings is 1. The first-order valence-electron chi connectivity index (χ1n) is 5.86. The van der Waals surface area contributed by atoms with Gasteiger partial charge in [0.15, 0.2) is 0 Å². The van der Waals surface area contributed by atoms with Crippen molar-refractivity contribution in [2.75, 3.05) is 13.1 Å². The third-order valence-corrected chi connectivity index (χ3v) is 4.51. The highest BCUT2D eigenvalue weighted by atomic mass is 35.5. The Bertz CT molecular complexity index is 394. The molecule has 0 aromatic heterocycles. The molecule has 2 atom stereocenters. The maximum absolute atomic E-state index is 6.30. The van der Waals surface area contributed by atoms with E-state index in [0.717, 1.165) is 36.6 Å². The Morgan fingerprint density at radius 3 is 2.76 bits per heavy atom. The maximum Gasteiger partial charge on any atom is 0.0489 e. The van der Waals surface area contributed by atoms with Crippen LogP contribution in [0, 0.1) is 5.92 Å². The van der Waals surface area contributed by atoms with E-state index in [0.29, 0.717) is 10.9 Å². The van der Waals surface area contributed by atoms with Gasteiger partial charge in [0.1, 0.15) is 0 Å². The Kier molecular flexibility index (Phi) is 4.59. The van der Waals surface area contributed by atoms with Crippen molar-refractivity contribution < 1.29 is 0 Å². The molecule has 4 heteroatoms. The highest BCUT2D eigenvalue weighted by molar-refractivity contribution is 6.35. The van der Waals surface area contributed by atoms with Gasteiger partial charge in [-0.15, -0.1) is 11.6 Å². The lowest BCUT2D eigenvalue weighted by Crippen LogP contribution is -2.39. The van der Waals surface area contributed by atoms with E-state index in [2.05, 4.69) is 11.8 Å². The minimum Gasteiger partial charge on any atom is -0.298 e. The number of likely N-dealkylation sites (tertiary alicyclic amines) is 1. The third kappa shape index (κ3) is 3.51. The van der Waals surface area contributed by atoms with Crippen LogP contribution in [0.4, 0.5) is 0 Å². The number of hydrogen-bond acceptors (Lipinski definition) is 1. The molecular formula is C13H16Cl3N. The second-order valence-corrected chi connectivity index (χ2v) is 6.16. The summed E-state index contributed by atoms with van der Waals surface area (Å²) in [5, 5.41) is 1.67. The summed E-state index contributed by atoms with van der Waals surface area (Å²) >= 11 is 18.3. The number of hydrogen-bond donors (Lipinski definition) is 0. The highest BCUT2D eigenvalue weighted by Crippen LogP contribution is 2.26. The fraction of sp³-hybridized carbons (Fsp3) is 0.538. The lowest BCUT2D eigenvalue weighted by atomic mass is 9.98. The quantitative estimate of drug-likeness (QED) is 0.728. The van der Waals surface area contributed by atoms with Gasteiger partial charge in [0.25, 0.3) is 0 Å². The molecule has 1 aromatic carbocycles. The summed E-state index contributed by atoms with van der Waals surface area (Å²) in [6, 6.07) is 5.67. The van der Waals surface area contributed by atoms with Gasteiger partial charge in [-0.25, -0.2) is 0 Å². The second-order valence-electron chi connectivity index (χ2n) is 4.75. The standard InChI is InChI=1S/C13H16Cl3N/c1-9-4-5-17(8-13(9)16)7-10-2-3-11(14)6-12(10)15/h2-3,6,9,13H,4-5,7-8H2,1H3. The molecule has 0 saturated carbocycles. The van der Waals surface area contributed by atoms with Crippen molar-refractivity contribution in [3.05, 3.63) is 33.8 Å². The zero-order chi connectivity index (χ0) is 12.4. The second kappa shape index (κ2) is 5.79. The molecule has 1 nitrogen and oxygen atoms in total. The zero-order valence-corrected chi connectivity index (χ0v) is 12.1. The van der Waals surface area contributed by atoms with Gasteiger partial charge in [-0.05, 0) is 36.6 Å². The number of rotatable bonds is 2. The SMILES string of the molecule is CC1CCN(Cc2ccc(Cl)cc2Cl)CC1Cl. The molecule has 0 radical (unpaired) electrons. The van der Waals surface area contributed by atoms with Gasteiger partial charge in [0.05, 0.1) is 0 Å². The van der Waals surface area contributed by atoms with Crippen LogP contribution in [0.5, 0.6) is 0 Å². The van der Waals surface area contributed by atoms with Crippen molar-refractivity contribution in [1.29, 1.82) is 0 Å².